The molecule has 1 amide bonds. The van der Waals surface area contributed by atoms with E-state index in [-0.39, 0.29) is 16.6 Å². The highest BCUT2D eigenvalue weighted by molar-refractivity contribution is 7.99. The van der Waals surface area contributed by atoms with Gasteiger partial charge >= 0.3 is 0 Å². The fourth-order valence-corrected chi connectivity index (χ4v) is 3.18. The number of carbonyl (C=O) groups is 1. The van der Waals surface area contributed by atoms with Gasteiger partial charge in [-0.05, 0) is 38.5 Å². The maximum Gasteiger partial charge on any atom is 0.233 e. The fourth-order valence-electron chi connectivity index (χ4n) is 2.18. The van der Waals surface area contributed by atoms with Crippen molar-refractivity contribution in [3.8, 4) is 0 Å². The molecule has 128 valence electrons. The van der Waals surface area contributed by atoms with Crippen LogP contribution in [-0.2, 0) is 17.1 Å². The molecular weight excluding hydrogens is 344 g/mol. The van der Waals surface area contributed by atoms with E-state index in [1.807, 2.05) is 31.2 Å². The van der Waals surface area contributed by atoms with Gasteiger partial charge in [0.15, 0.2) is 5.43 Å². The molecule has 0 aliphatic rings. The van der Waals surface area contributed by atoms with E-state index < -0.39 is 0 Å². The monoisotopic (exact) mass is 364 g/mol. The van der Waals surface area contributed by atoms with E-state index >= 15 is 0 Å². The molecule has 0 saturated carbocycles. The Morgan fingerprint density at radius 3 is 2.62 bits per heavy atom. The first-order chi connectivity index (χ1) is 11.4. The van der Waals surface area contributed by atoms with Crippen LogP contribution in [0.25, 0.3) is 0 Å². The van der Waals surface area contributed by atoms with Crippen molar-refractivity contribution in [2.75, 3.05) is 0 Å². The number of pyridine rings is 1. The average Bonchev–Trinajstić information content (AvgIpc) is 2.58. The van der Waals surface area contributed by atoms with Gasteiger partial charge in [-0.15, -0.1) is 11.8 Å². The average molecular weight is 365 g/mol. The SMILES string of the molecule is Cc1c[nH]c(CNC(=O)[C@H](C)SCc2ccc(Cl)cc2)c(C)c1=O. The van der Waals surface area contributed by atoms with E-state index in [2.05, 4.69) is 10.3 Å². The van der Waals surface area contributed by atoms with Gasteiger partial charge in [-0.3, -0.25) is 9.59 Å². The van der Waals surface area contributed by atoms with E-state index in [1.54, 1.807) is 31.8 Å². The van der Waals surface area contributed by atoms with Crippen LogP contribution in [0.15, 0.2) is 35.3 Å². The van der Waals surface area contributed by atoms with E-state index in [1.165, 1.54) is 0 Å². The van der Waals surface area contributed by atoms with E-state index in [0.717, 1.165) is 17.0 Å². The smallest absolute Gasteiger partial charge is 0.233 e. The van der Waals surface area contributed by atoms with Crippen LogP contribution in [0.4, 0.5) is 0 Å². The summed E-state index contributed by atoms with van der Waals surface area (Å²) in [4.78, 5) is 27.2. The molecule has 0 fully saturated rings. The Morgan fingerprint density at radius 1 is 1.29 bits per heavy atom. The molecule has 0 aliphatic heterocycles. The van der Waals surface area contributed by atoms with Gasteiger partial charge in [0.25, 0.3) is 0 Å². The topological polar surface area (TPSA) is 62.0 Å². The number of aromatic amines is 1. The molecule has 6 heteroatoms. The lowest BCUT2D eigenvalue weighted by atomic mass is 10.1. The number of nitrogens with one attached hydrogen (secondary N) is 2. The van der Waals surface area contributed by atoms with Gasteiger partial charge in [0.1, 0.15) is 0 Å². The molecule has 24 heavy (non-hydrogen) atoms. The van der Waals surface area contributed by atoms with Gasteiger partial charge in [-0.2, -0.15) is 0 Å². The molecule has 0 spiro atoms. The summed E-state index contributed by atoms with van der Waals surface area (Å²) in [5, 5.41) is 3.40. The van der Waals surface area contributed by atoms with Crippen LogP contribution >= 0.6 is 23.4 Å². The van der Waals surface area contributed by atoms with Crippen molar-refractivity contribution in [3.63, 3.8) is 0 Å². The first-order valence-electron chi connectivity index (χ1n) is 7.70. The zero-order chi connectivity index (χ0) is 17.7. The second-order valence-corrected chi connectivity index (χ2v) is 7.47. The first kappa shape index (κ1) is 18.6. The van der Waals surface area contributed by atoms with E-state index in [9.17, 15) is 9.59 Å². The van der Waals surface area contributed by atoms with Crippen LogP contribution in [0.3, 0.4) is 0 Å². The van der Waals surface area contributed by atoms with Crippen LogP contribution < -0.4 is 10.7 Å². The number of hydrogen-bond acceptors (Lipinski definition) is 3. The molecule has 2 rings (SSSR count). The molecule has 2 aromatic rings. The second kappa shape index (κ2) is 8.40. The Kier molecular flexibility index (Phi) is 6.52. The minimum Gasteiger partial charge on any atom is -0.363 e. The molecule has 0 bridgehead atoms. The zero-order valence-corrected chi connectivity index (χ0v) is 15.6. The number of H-pyrrole nitrogens is 1. The number of benzene rings is 1. The summed E-state index contributed by atoms with van der Waals surface area (Å²) in [6.45, 7) is 5.74. The van der Waals surface area contributed by atoms with Gasteiger partial charge < -0.3 is 10.3 Å². The number of amides is 1. The summed E-state index contributed by atoms with van der Waals surface area (Å²) >= 11 is 7.42. The third-order valence-electron chi connectivity index (χ3n) is 3.84. The Balaban J connectivity index is 1.86. The van der Waals surface area contributed by atoms with Crippen LogP contribution in [-0.4, -0.2) is 16.1 Å². The molecular formula is C18H21ClN2O2S. The summed E-state index contributed by atoms with van der Waals surface area (Å²) in [6.07, 6.45) is 1.68. The number of rotatable bonds is 6. The van der Waals surface area contributed by atoms with Crippen molar-refractivity contribution >= 4 is 29.3 Å². The quantitative estimate of drug-likeness (QED) is 0.823. The second-order valence-electron chi connectivity index (χ2n) is 5.70. The van der Waals surface area contributed by atoms with Crippen molar-refractivity contribution in [1.29, 1.82) is 0 Å². The fraction of sp³-hybridized carbons (Fsp3) is 0.333. The summed E-state index contributed by atoms with van der Waals surface area (Å²) in [7, 11) is 0. The van der Waals surface area contributed by atoms with Crippen molar-refractivity contribution in [3.05, 3.63) is 68.1 Å². The van der Waals surface area contributed by atoms with Crippen LogP contribution in [0.1, 0.15) is 29.3 Å². The number of hydrogen-bond donors (Lipinski definition) is 2. The van der Waals surface area contributed by atoms with Crippen molar-refractivity contribution in [2.45, 2.75) is 38.3 Å². The standard InChI is InChI=1S/C18H21ClN2O2S/c1-11-8-20-16(12(2)17(11)22)9-21-18(23)13(3)24-10-14-4-6-15(19)7-5-14/h4-8,13H,9-10H2,1-3H3,(H,20,22)(H,21,23)/t13-/m0/s1. The Hall–Kier alpha value is -1.72. The highest BCUT2D eigenvalue weighted by atomic mass is 35.5. The predicted octanol–water partition coefficient (Wildman–Crippen LogP) is 3.58. The molecule has 4 nitrogen and oxygen atoms in total. The summed E-state index contributed by atoms with van der Waals surface area (Å²) < 4.78 is 0. The number of thioether (sulfide) groups is 1. The van der Waals surface area contributed by atoms with Crippen molar-refractivity contribution in [2.24, 2.45) is 0 Å². The number of halogens is 1. The molecule has 1 aromatic heterocycles. The van der Waals surface area contributed by atoms with Gasteiger partial charge in [-0.25, -0.2) is 0 Å². The van der Waals surface area contributed by atoms with Gasteiger partial charge in [0.2, 0.25) is 5.91 Å². The van der Waals surface area contributed by atoms with Gasteiger partial charge in [0.05, 0.1) is 11.8 Å². The zero-order valence-electron chi connectivity index (χ0n) is 14.0. The Morgan fingerprint density at radius 2 is 1.96 bits per heavy atom. The van der Waals surface area contributed by atoms with Gasteiger partial charge in [-0.1, -0.05) is 23.7 Å². The molecule has 2 N–H and O–H groups in total. The molecule has 0 unspecified atom stereocenters. The number of aryl methyl sites for hydroxylation is 1. The van der Waals surface area contributed by atoms with Crippen molar-refractivity contribution < 1.29 is 4.79 Å². The molecule has 0 aliphatic carbocycles. The minimum absolute atomic E-state index is 0.0168. The normalized spacial score (nSPS) is 12.0. The maximum absolute atomic E-state index is 12.2. The predicted molar refractivity (Wildman–Crippen MR) is 101 cm³/mol. The number of aromatic nitrogens is 1. The Bertz CT molecular complexity index is 772. The molecule has 1 heterocycles. The molecule has 1 atom stereocenters. The van der Waals surface area contributed by atoms with Crippen LogP contribution in [0.2, 0.25) is 5.02 Å². The van der Waals surface area contributed by atoms with Gasteiger partial charge in [0, 0.05) is 33.8 Å². The lowest BCUT2D eigenvalue weighted by Crippen LogP contribution is -2.31. The molecule has 1 aromatic carbocycles. The maximum atomic E-state index is 12.2. The summed E-state index contributed by atoms with van der Waals surface area (Å²) in [5.41, 5.74) is 3.21. The summed E-state index contributed by atoms with van der Waals surface area (Å²) in [6, 6.07) is 7.61. The first-order valence-corrected chi connectivity index (χ1v) is 9.12. The molecule has 0 radical (unpaired) electrons. The minimum atomic E-state index is -0.182. The number of carbonyl (C=O) groups excluding carboxylic acids is 1. The lowest BCUT2D eigenvalue weighted by Gasteiger charge is -2.13. The van der Waals surface area contributed by atoms with Crippen LogP contribution in [0.5, 0.6) is 0 Å². The van der Waals surface area contributed by atoms with E-state index in [4.69, 9.17) is 11.6 Å². The third kappa shape index (κ3) is 4.89. The third-order valence-corrected chi connectivity index (χ3v) is 5.30. The van der Waals surface area contributed by atoms with E-state index in [0.29, 0.717) is 22.7 Å². The molecule has 0 saturated heterocycles. The Labute approximate surface area is 151 Å². The summed E-state index contributed by atoms with van der Waals surface area (Å²) in [5.74, 6) is 0.696. The van der Waals surface area contributed by atoms with Crippen molar-refractivity contribution in [1.82, 2.24) is 10.3 Å². The van der Waals surface area contributed by atoms with Crippen LogP contribution in [0, 0.1) is 13.8 Å². The highest BCUT2D eigenvalue weighted by Gasteiger charge is 2.14. The highest BCUT2D eigenvalue weighted by Crippen LogP contribution is 2.19. The largest absolute Gasteiger partial charge is 0.363 e. The lowest BCUT2D eigenvalue weighted by molar-refractivity contribution is -0.120.